The zero-order chi connectivity index (χ0) is 21.9. The molecular weight excluding hydrogens is 409 g/mol. The Kier molecular flexibility index (Phi) is 5.75. The van der Waals surface area contributed by atoms with Gasteiger partial charge in [0.1, 0.15) is 11.5 Å². The van der Waals surface area contributed by atoms with Gasteiger partial charge in [0.15, 0.2) is 11.6 Å². The minimum absolute atomic E-state index is 0.0599. The molecule has 166 valence electrons. The van der Waals surface area contributed by atoms with Crippen LogP contribution in [0.1, 0.15) is 12.8 Å². The fourth-order valence-corrected chi connectivity index (χ4v) is 4.57. The van der Waals surface area contributed by atoms with Gasteiger partial charge in [0, 0.05) is 39.3 Å². The molecule has 8 heteroatoms. The number of para-hydroxylation sites is 1. The molecule has 2 fully saturated rings. The summed E-state index contributed by atoms with van der Waals surface area (Å²) in [6.07, 6.45) is 3.43. The number of hydrogen-bond acceptors (Lipinski definition) is 6. The Bertz CT molecular complexity index is 1050. The van der Waals surface area contributed by atoms with E-state index in [0.717, 1.165) is 25.2 Å². The molecule has 1 aromatic carbocycles. The van der Waals surface area contributed by atoms with Gasteiger partial charge in [-0.25, -0.2) is 4.39 Å². The molecule has 0 N–H and O–H groups in total. The van der Waals surface area contributed by atoms with Crippen LogP contribution < -0.4 is 9.80 Å². The van der Waals surface area contributed by atoms with Crippen molar-refractivity contribution in [3.8, 4) is 11.5 Å². The molecule has 3 aromatic rings. The van der Waals surface area contributed by atoms with Crippen LogP contribution in [0.4, 0.5) is 15.9 Å². The quantitative estimate of drug-likeness (QED) is 0.626. The normalized spacial score (nSPS) is 19.3. The lowest BCUT2D eigenvalue weighted by atomic mass is 9.96. The first kappa shape index (κ1) is 20.5. The van der Waals surface area contributed by atoms with Crippen LogP contribution in [-0.2, 0) is 4.79 Å². The van der Waals surface area contributed by atoms with Gasteiger partial charge in [0.2, 0.25) is 5.91 Å². The molecule has 4 heterocycles. The van der Waals surface area contributed by atoms with E-state index in [4.69, 9.17) is 4.42 Å². The van der Waals surface area contributed by atoms with Crippen LogP contribution in [0.25, 0.3) is 11.5 Å². The molecular formula is C24H26FN5O2. The van der Waals surface area contributed by atoms with Crippen molar-refractivity contribution in [2.75, 3.05) is 49.1 Å². The monoisotopic (exact) mass is 435 g/mol. The van der Waals surface area contributed by atoms with Crippen molar-refractivity contribution in [3.63, 3.8) is 0 Å². The third-order valence-electron chi connectivity index (χ3n) is 6.30. The number of carbonyl (C=O) groups excluding carboxylic acids is 1. The summed E-state index contributed by atoms with van der Waals surface area (Å²) < 4.78 is 19.5. The van der Waals surface area contributed by atoms with Crippen LogP contribution in [0, 0.1) is 11.7 Å². The smallest absolute Gasteiger partial charge is 0.227 e. The van der Waals surface area contributed by atoms with E-state index in [9.17, 15) is 9.18 Å². The van der Waals surface area contributed by atoms with Gasteiger partial charge in [-0.1, -0.05) is 12.1 Å². The number of nitrogens with zero attached hydrogens (tertiary/aromatic N) is 5. The van der Waals surface area contributed by atoms with Crippen LogP contribution in [0.15, 0.2) is 59.2 Å². The summed E-state index contributed by atoms with van der Waals surface area (Å²) in [6, 6.07) is 14.3. The topological polar surface area (TPSA) is 65.7 Å². The number of hydrogen-bond donors (Lipinski definition) is 0. The van der Waals surface area contributed by atoms with E-state index in [1.807, 2.05) is 40.1 Å². The molecule has 0 saturated carbocycles. The second kappa shape index (κ2) is 8.98. The molecule has 2 aliphatic heterocycles. The zero-order valence-corrected chi connectivity index (χ0v) is 17.9. The standard InChI is InChI=1S/C24H26FN5O2/c25-19-6-1-2-7-21(19)28-12-14-29(15-13-28)24(31)18-5-3-11-30(17-18)23-10-9-20(26-27-23)22-8-4-16-32-22/h1-2,4,6-10,16,18H,3,5,11-15,17H2. The van der Waals surface area contributed by atoms with Crippen molar-refractivity contribution in [2.24, 2.45) is 5.92 Å². The summed E-state index contributed by atoms with van der Waals surface area (Å²) in [6.45, 7) is 4.01. The van der Waals surface area contributed by atoms with Crippen molar-refractivity contribution in [3.05, 3.63) is 60.6 Å². The number of furan rings is 1. The number of aromatic nitrogens is 2. The Hall–Kier alpha value is -3.42. The minimum Gasteiger partial charge on any atom is -0.463 e. The van der Waals surface area contributed by atoms with Gasteiger partial charge >= 0.3 is 0 Å². The summed E-state index contributed by atoms with van der Waals surface area (Å²) in [4.78, 5) is 19.3. The molecule has 7 nitrogen and oxygen atoms in total. The number of amides is 1. The van der Waals surface area contributed by atoms with Crippen molar-refractivity contribution >= 4 is 17.4 Å². The van der Waals surface area contributed by atoms with Crippen molar-refractivity contribution in [1.29, 1.82) is 0 Å². The first-order valence-electron chi connectivity index (χ1n) is 11.1. The second-order valence-electron chi connectivity index (χ2n) is 8.30. The van der Waals surface area contributed by atoms with Gasteiger partial charge in [-0.2, -0.15) is 0 Å². The van der Waals surface area contributed by atoms with E-state index >= 15 is 0 Å². The van der Waals surface area contributed by atoms with Crippen molar-refractivity contribution < 1.29 is 13.6 Å². The van der Waals surface area contributed by atoms with E-state index < -0.39 is 0 Å². The summed E-state index contributed by atoms with van der Waals surface area (Å²) in [7, 11) is 0. The maximum absolute atomic E-state index is 14.1. The van der Waals surface area contributed by atoms with E-state index in [1.54, 1.807) is 18.4 Å². The summed E-state index contributed by atoms with van der Waals surface area (Å²) in [5, 5.41) is 8.65. The SMILES string of the molecule is O=C(C1CCCN(c2ccc(-c3ccco3)nn2)C1)N1CCN(c2ccccc2F)CC1. The number of piperazine rings is 1. The highest BCUT2D eigenvalue weighted by atomic mass is 19.1. The molecule has 0 radical (unpaired) electrons. The van der Waals surface area contributed by atoms with Crippen LogP contribution in [0.3, 0.4) is 0 Å². The molecule has 2 aromatic heterocycles. The van der Waals surface area contributed by atoms with Gasteiger partial charge in [0.25, 0.3) is 0 Å². The minimum atomic E-state index is -0.214. The lowest BCUT2D eigenvalue weighted by Gasteiger charge is -2.40. The van der Waals surface area contributed by atoms with Crippen molar-refractivity contribution in [2.45, 2.75) is 12.8 Å². The highest BCUT2D eigenvalue weighted by molar-refractivity contribution is 5.80. The van der Waals surface area contributed by atoms with E-state index in [0.29, 0.717) is 49.9 Å². The maximum atomic E-state index is 14.1. The summed E-state index contributed by atoms with van der Waals surface area (Å²) in [5.74, 6) is 1.38. The number of benzene rings is 1. The molecule has 0 spiro atoms. The average Bonchev–Trinajstić information content (AvgIpc) is 3.39. The first-order valence-corrected chi connectivity index (χ1v) is 11.1. The Labute approximate surface area is 186 Å². The third kappa shape index (κ3) is 4.17. The van der Waals surface area contributed by atoms with Crippen LogP contribution in [0.2, 0.25) is 0 Å². The maximum Gasteiger partial charge on any atom is 0.227 e. The number of rotatable bonds is 4. The zero-order valence-electron chi connectivity index (χ0n) is 17.9. The average molecular weight is 436 g/mol. The van der Waals surface area contributed by atoms with Crippen molar-refractivity contribution in [1.82, 2.24) is 15.1 Å². The van der Waals surface area contributed by atoms with E-state index in [-0.39, 0.29) is 17.6 Å². The molecule has 5 rings (SSSR count). The third-order valence-corrected chi connectivity index (χ3v) is 6.30. The molecule has 2 aliphatic rings. The molecule has 0 aliphatic carbocycles. The Morgan fingerprint density at radius 1 is 0.938 bits per heavy atom. The van der Waals surface area contributed by atoms with Gasteiger partial charge in [-0.05, 0) is 49.2 Å². The largest absolute Gasteiger partial charge is 0.463 e. The highest BCUT2D eigenvalue weighted by Gasteiger charge is 2.32. The first-order chi connectivity index (χ1) is 15.7. The second-order valence-corrected chi connectivity index (χ2v) is 8.30. The van der Waals surface area contributed by atoms with Gasteiger partial charge in [0.05, 0.1) is 17.9 Å². The molecule has 2 saturated heterocycles. The number of anilines is 2. The van der Waals surface area contributed by atoms with Crippen LogP contribution in [-0.4, -0.2) is 60.3 Å². The van der Waals surface area contributed by atoms with Gasteiger partial charge in [-0.15, -0.1) is 10.2 Å². The van der Waals surface area contributed by atoms with Gasteiger partial charge in [-0.3, -0.25) is 4.79 Å². The molecule has 1 amide bonds. The van der Waals surface area contributed by atoms with Crippen LogP contribution >= 0.6 is 0 Å². The van der Waals surface area contributed by atoms with Gasteiger partial charge < -0.3 is 19.1 Å². The Morgan fingerprint density at radius 2 is 1.78 bits per heavy atom. The molecule has 32 heavy (non-hydrogen) atoms. The van der Waals surface area contributed by atoms with E-state index in [2.05, 4.69) is 15.1 Å². The fraction of sp³-hybridized carbons (Fsp3) is 0.375. The lowest BCUT2D eigenvalue weighted by Crippen LogP contribution is -2.52. The highest BCUT2D eigenvalue weighted by Crippen LogP contribution is 2.26. The van der Waals surface area contributed by atoms with Crippen LogP contribution in [0.5, 0.6) is 0 Å². The molecule has 0 bridgehead atoms. The van der Waals surface area contributed by atoms with E-state index in [1.165, 1.54) is 6.07 Å². The molecule has 1 atom stereocenters. The fourth-order valence-electron chi connectivity index (χ4n) is 4.57. The summed E-state index contributed by atoms with van der Waals surface area (Å²) >= 11 is 0. The predicted molar refractivity (Wildman–Crippen MR) is 120 cm³/mol. The number of piperidine rings is 1. The lowest BCUT2D eigenvalue weighted by molar-refractivity contribution is -0.136. The molecule has 1 unspecified atom stereocenters. The number of carbonyl (C=O) groups is 1. The number of halogens is 1. The summed E-state index contributed by atoms with van der Waals surface area (Å²) in [5.41, 5.74) is 1.30. The Balaban J connectivity index is 1.19. The Morgan fingerprint density at radius 3 is 2.50 bits per heavy atom. The predicted octanol–water partition coefficient (Wildman–Crippen LogP) is 3.44.